The van der Waals surface area contributed by atoms with Crippen molar-refractivity contribution in [3.63, 3.8) is 0 Å². The van der Waals surface area contributed by atoms with E-state index in [0.717, 1.165) is 30.5 Å². The molecule has 0 heterocycles. The quantitative estimate of drug-likeness (QED) is 0.145. The van der Waals surface area contributed by atoms with Crippen molar-refractivity contribution in [2.45, 2.75) is 32.5 Å². The van der Waals surface area contributed by atoms with Crippen molar-refractivity contribution < 1.29 is 40.0 Å². The molecule has 0 amide bonds. The summed E-state index contributed by atoms with van der Waals surface area (Å²) < 4.78 is 106. The first-order valence-corrected chi connectivity index (χ1v) is 8.21. The molecule has 0 fully saturated rings. The van der Waals surface area contributed by atoms with Crippen LogP contribution in [0.25, 0.3) is 0 Å². The molecule has 2 aromatic rings. The van der Waals surface area contributed by atoms with Gasteiger partial charge in [-0.3, -0.25) is 0 Å². The van der Waals surface area contributed by atoms with Gasteiger partial charge in [0, 0.05) is 6.21 Å². The van der Waals surface area contributed by atoms with Crippen LogP contribution in [0.1, 0.15) is 37.5 Å². The Kier molecular flexibility index (Phi) is 6.53. The highest BCUT2D eigenvalue weighted by Gasteiger charge is 2.30. The van der Waals surface area contributed by atoms with Crippen molar-refractivity contribution in [1.82, 2.24) is 0 Å². The van der Waals surface area contributed by atoms with Crippen molar-refractivity contribution >= 4 is 12.1 Å². The van der Waals surface area contributed by atoms with E-state index in [2.05, 4.69) is 10.1 Å². The van der Waals surface area contributed by atoms with E-state index in [0.29, 0.717) is 0 Å². The third-order valence-electron chi connectivity index (χ3n) is 3.41. The zero-order valence-corrected chi connectivity index (χ0v) is 15.7. The third-order valence-corrected chi connectivity index (χ3v) is 3.41. The lowest BCUT2D eigenvalue weighted by Crippen LogP contribution is -2.18. The number of hydrogen-bond acceptors (Lipinski definition) is 2. The number of amidine groups is 1. The number of hydrogen-bond donors (Lipinski definition) is 0. The van der Waals surface area contributed by atoms with Crippen LogP contribution in [0.4, 0.5) is 35.1 Å². The van der Waals surface area contributed by atoms with E-state index in [1.165, 1.54) is 20.8 Å². The molecule has 2 aromatic carbocycles. The molecule has 0 N–H and O–H groups in total. The molecule has 0 aliphatic heterocycles. The van der Waals surface area contributed by atoms with Gasteiger partial charge in [-0.05, 0) is 38.5 Å². The largest absolute Gasteiger partial charge is 0.416 e. The molecule has 0 atom stereocenters. The van der Waals surface area contributed by atoms with Crippen LogP contribution >= 0.6 is 0 Å². The van der Waals surface area contributed by atoms with Crippen LogP contribution in [0.5, 0.6) is 0 Å². The normalized spacial score (nSPS) is 13.2. The number of aliphatic imine (C=N–C) groups is 1. The first-order valence-electron chi connectivity index (χ1n) is 8.21. The van der Waals surface area contributed by atoms with Gasteiger partial charge in [-0.2, -0.15) is 13.2 Å². The van der Waals surface area contributed by atoms with Crippen LogP contribution in [0.3, 0.4) is 0 Å². The second-order valence-electron chi connectivity index (χ2n) is 6.94. The van der Waals surface area contributed by atoms with Gasteiger partial charge in [0.1, 0.15) is 11.2 Å². The van der Waals surface area contributed by atoms with Gasteiger partial charge in [-0.1, -0.05) is 17.3 Å². The summed E-state index contributed by atoms with van der Waals surface area (Å²) in [5.74, 6) is -12.2. The predicted octanol–water partition coefficient (Wildman–Crippen LogP) is 6.00. The first kappa shape index (κ1) is 23.3. The van der Waals surface area contributed by atoms with Crippen LogP contribution in [-0.4, -0.2) is 17.7 Å². The van der Waals surface area contributed by atoms with Gasteiger partial charge < -0.3 is 4.84 Å². The molecule has 0 aliphatic carbocycles. The van der Waals surface area contributed by atoms with Gasteiger partial charge in [0.15, 0.2) is 23.3 Å². The lowest BCUT2D eigenvalue weighted by atomic mass is 10.1. The number of nitrogens with zero attached hydrogens (tertiary/aromatic N) is 2. The Bertz CT molecular complexity index is 961. The van der Waals surface area contributed by atoms with Crippen molar-refractivity contribution in [2.24, 2.45) is 10.1 Å². The van der Waals surface area contributed by atoms with Gasteiger partial charge in [0.05, 0.1) is 5.56 Å². The van der Waals surface area contributed by atoms with E-state index >= 15 is 0 Å². The van der Waals surface area contributed by atoms with Crippen LogP contribution in [0.15, 0.2) is 34.4 Å². The Morgan fingerprint density at radius 2 is 1.27 bits per heavy atom. The van der Waals surface area contributed by atoms with Gasteiger partial charge in [-0.15, -0.1) is 0 Å². The summed E-state index contributed by atoms with van der Waals surface area (Å²) in [6.45, 7) is 4.48. The van der Waals surface area contributed by atoms with Crippen molar-refractivity contribution in [1.29, 1.82) is 0 Å². The number of rotatable bonds is 3. The minimum atomic E-state index is -4.59. The average Bonchev–Trinajstić information content (AvgIpc) is 2.65. The highest BCUT2D eigenvalue weighted by molar-refractivity contribution is 6.05. The third kappa shape index (κ3) is 5.33. The minimum Gasteiger partial charge on any atom is -0.388 e. The summed E-state index contributed by atoms with van der Waals surface area (Å²) in [5, 5.41) is 3.37. The maximum absolute atomic E-state index is 14.1. The van der Waals surface area contributed by atoms with E-state index in [4.69, 9.17) is 4.84 Å². The van der Waals surface area contributed by atoms with E-state index in [1.807, 2.05) is 0 Å². The minimum absolute atomic E-state index is 0.0373. The standard InChI is InChI=1S/C19H14F8N2O/c1-18(2,3)30-29-17(11-12(20)14(22)16(24)15(23)13(11)21)28-8-9-4-6-10(7-5-9)19(25,26)27/h4-8H,1-3H3/b28-8?,29-17+. The Hall–Kier alpha value is -2.98. The number of oxime groups is 1. The van der Waals surface area contributed by atoms with E-state index in [9.17, 15) is 35.1 Å². The molecule has 11 heteroatoms. The van der Waals surface area contributed by atoms with Gasteiger partial charge in [0.25, 0.3) is 0 Å². The Morgan fingerprint density at radius 3 is 1.70 bits per heavy atom. The molecule has 0 spiro atoms. The molecule has 0 aromatic heterocycles. The topological polar surface area (TPSA) is 34.0 Å². The number of benzene rings is 2. The lowest BCUT2D eigenvalue weighted by Gasteiger charge is -2.16. The van der Waals surface area contributed by atoms with E-state index < -0.39 is 57.8 Å². The van der Waals surface area contributed by atoms with Crippen LogP contribution in [0.2, 0.25) is 0 Å². The average molecular weight is 438 g/mol. The Balaban J connectivity index is 2.55. The molecule has 30 heavy (non-hydrogen) atoms. The summed E-state index contributed by atoms with van der Waals surface area (Å²) >= 11 is 0. The van der Waals surface area contributed by atoms with Gasteiger partial charge in [-0.25, -0.2) is 26.9 Å². The van der Waals surface area contributed by atoms with Crippen molar-refractivity contribution in [2.75, 3.05) is 0 Å². The molecule has 0 saturated carbocycles. The second-order valence-corrected chi connectivity index (χ2v) is 6.94. The van der Waals surface area contributed by atoms with Gasteiger partial charge >= 0.3 is 6.18 Å². The molecular weight excluding hydrogens is 424 g/mol. The zero-order chi connectivity index (χ0) is 22.9. The molecule has 0 radical (unpaired) electrons. The molecule has 0 bridgehead atoms. The van der Waals surface area contributed by atoms with Crippen molar-refractivity contribution in [3.05, 3.63) is 70.0 Å². The molecule has 0 unspecified atom stereocenters. The van der Waals surface area contributed by atoms with E-state index in [1.54, 1.807) is 0 Å². The summed E-state index contributed by atoms with van der Waals surface area (Å²) in [7, 11) is 0. The summed E-state index contributed by atoms with van der Waals surface area (Å²) in [6, 6.07) is 3.44. The maximum Gasteiger partial charge on any atom is 0.416 e. The highest BCUT2D eigenvalue weighted by Crippen LogP contribution is 2.29. The van der Waals surface area contributed by atoms with Crippen molar-refractivity contribution in [3.8, 4) is 0 Å². The molecular formula is C19H14F8N2O. The molecule has 2 rings (SSSR count). The summed E-state index contributed by atoms with van der Waals surface area (Å²) in [5.41, 5.74) is -3.38. The zero-order valence-electron chi connectivity index (χ0n) is 15.7. The number of alkyl halides is 3. The summed E-state index contributed by atoms with van der Waals surface area (Å²) in [4.78, 5) is 8.55. The van der Waals surface area contributed by atoms with Crippen LogP contribution in [-0.2, 0) is 11.0 Å². The summed E-state index contributed by atoms with van der Waals surface area (Å²) in [6.07, 6.45) is -3.75. The molecule has 0 aliphatic rings. The fraction of sp³-hybridized carbons (Fsp3) is 0.263. The fourth-order valence-corrected chi connectivity index (χ4v) is 2.01. The second kappa shape index (κ2) is 8.41. The fourth-order valence-electron chi connectivity index (χ4n) is 2.01. The van der Waals surface area contributed by atoms with Crippen LogP contribution < -0.4 is 0 Å². The predicted molar refractivity (Wildman–Crippen MR) is 92.6 cm³/mol. The smallest absolute Gasteiger partial charge is 0.388 e. The molecule has 0 saturated heterocycles. The Morgan fingerprint density at radius 1 is 0.800 bits per heavy atom. The Labute approximate surface area is 165 Å². The van der Waals surface area contributed by atoms with Crippen LogP contribution in [0, 0.1) is 29.1 Å². The highest BCUT2D eigenvalue weighted by atomic mass is 19.4. The maximum atomic E-state index is 14.1. The SMILES string of the molecule is CC(C)(C)O/N=C(/N=Cc1ccc(C(F)(F)F)cc1)c1c(F)c(F)c(F)c(F)c1F. The molecule has 162 valence electrons. The van der Waals surface area contributed by atoms with E-state index in [-0.39, 0.29) is 5.56 Å². The lowest BCUT2D eigenvalue weighted by molar-refractivity contribution is -0.137. The first-order chi connectivity index (χ1) is 13.7. The monoisotopic (exact) mass is 438 g/mol. The molecule has 3 nitrogen and oxygen atoms in total. The van der Waals surface area contributed by atoms with Gasteiger partial charge in [0.2, 0.25) is 11.7 Å². The number of halogens is 8.